The Labute approximate surface area is 120 Å². The number of methoxy groups -OCH3 is 2. The average Bonchev–Trinajstić information content (AvgIpc) is 2.78. The number of fused-ring (bicyclic) bond motifs is 1. The van der Waals surface area contributed by atoms with Gasteiger partial charge in [0.1, 0.15) is 5.75 Å². The van der Waals surface area contributed by atoms with Crippen LogP contribution in [0.4, 0.5) is 0 Å². The lowest BCUT2D eigenvalue weighted by atomic mass is 9.92. The fourth-order valence-electron chi connectivity index (χ4n) is 2.96. The minimum atomic E-state index is -0.136. The maximum absolute atomic E-state index is 11.1. The summed E-state index contributed by atoms with van der Waals surface area (Å²) in [6.45, 7) is 0. The molecule has 2 atom stereocenters. The van der Waals surface area contributed by atoms with Crippen molar-refractivity contribution in [2.75, 3.05) is 14.2 Å². The summed E-state index contributed by atoms with van der Waals surface area (Å²) >= 11 is 0. The van der Waals surface area contributed by atoms with E-state index >= 15 is 0 Å². The van der Waals surface area contributed by atoms with Crippen LogP contribution < -0.4 is 10.5 Å². The van der Waals surface area contributed by atoms with Crippen LogP contribution in [0.5, 0.6) is 5.75 Å². The van der Waals surface area contributed by atoms with E-state index in [1.807, 2.05) is 6.07 Å². The number of esters is 1. The molecule has 0 saturated heterocycles. The second-order valence-corrected chi connectivity index (χ2v) is 5.36. The first-order valence-electron chi connectivity index (χ1n) is 7.15. The molecule has 4 heteroatoms. The van der Waals surface area contributed by atoms with Gasteiger partial charge in [0.05, 0.1) is 14.2 Å². The lowest BCUT2D eigenvalue weighted by molar-refractivity contribution is -0.140. The molecular weight excluding hydrogens is 254 g/mol. The van der Waals surface area contributed by atoms with Crippen LogP contribution in [-0.4, -0.2) is 26.2 Å². The van der Waals surface area contributed by atoms with Crippen LogP contribution in [0, 0.1) is 0 Å². The van der Waals surface area contributed by atoms with E-state index in [2.05, 4.69) is 16.9 Å². The number of carbonyl (C=O) groups is 1. The molecule has 0 fully saturated rings. The lowest BCUT2D eigenvalue weighted by Gasteiger charge is -2.17. The smallest absolute Gasteiger partial charge is 0.305 e. The summed E-state index contributed by atoms with van der Waals surface area (Å²) < 4.78 is 9.94. The molecule has 2 unspecified atom stereocenters. The van der Waals surface area contributed by atoms with Crippen LogP contribution in [-0.2, 0) is 16.0 Å². The van der Waals surface area contributed by atoms with Gasteiger partial charge in [0.2, 0.25) is 0 Å². The first kappa shape index (κ1) is 14.9. The zero-order valence-corrected chi connectivity index (χ0v) is 12.2. The van der Waals surface area contributed by atoms with Crippen LogP contribution in [0.2, 0.25) is 0 Å². The van der Waals surface area contributed by atoms with Crippen molar-refractivity contribution >= 4 is 5.97 Å². The van der Waals surface area contributed by atoms with E-state index in [1.165, 1.54) is 18.2 Å². The topological polar surface area (TPSA) is 61.5 Å². The monoisotopic (exact) mass is 277 g/mol. The van der Waals surface area contributed by atoms with E-state index in [1.54, 1.807) is 7.11 Å². The number of nitrogens with two attached hydrogens (primary N) is 1. The molecule has 1 aromatic carbocycles. The highest BCUT2D eigenvalue weighted by Gasteiger charge is 2.29. The molecule has 0 amide bonds. The second-order valence-electron chi connectivity index (χ2n) is 5.36. The largest absolute Gasteiger partial charge is 0.497 e. The molecule has 1 aromatic rings. The van der Waals surface area contributed by atoms with Gasteiger partial charge in [-0.1, -0.05) is 12.5 Å². The molecule has 20 heavy (non-hydrogen) atoms. The summed E-state index contributed by atoms with van der Waals surface area (Å²) in [7, 11) is 3.11. The molecule has 110 valence electrons. The van der Waals surface area contributed by atoms with Crippen molar-refractivity contribution in [3.63, 3.8) is 0 Å². The molecule has 0 spiro atoms. The summed E-state index contributed by atoms with van der Waals surface area (Å²) in [5.74, 6) is 1.12. The summed E-state index contributed by atoms with van der Waals surface area (Å²) in [6.07, 6.45) is 4.28. The Morgan fingerprint density at radius 1 is 1.35 bits per heavy atom. The quantitative estimate of drug-likeness (QED) is 0.640. The highest BCUT2D eigenvalue weighted by Crippen LogP contribution is 2.37. The molecule has 0 aliphatic heterocycles. The van der Waals surface area contributed by atoms with Crippen molar-refractivity contribution < 1.29 is 14.3 Å². The van der Waals surface area contributed by atoms with Crippen molar-refractivity contribution in [3.8, 4) is 5.75 Å². The lowest BCUT2D eigenvalue weighted by Crippen LogP contribution is -2.24. The number of hydrogen-bond donors (Lipinski definition) is 1. The van der Waals surface area contributed by atoms with Crippen LogP contribution in [0.1, 0.15) is 42.7 Å². The molecule has 1 aliphatic rings. The van der Waals surface area contributed by atoms with Crippen molar-refractivity contribution in [2.45, 2.75) is 44.1 Å². The minimum absolute atomic E-state index is 0.136. The predicted octanol–water partition coefficient (Wildman–Crippen LogP) is 2.40. The SMILES string of the molecule is COC(=O)CCCCC1c2cc(OC)ccc2CC1N. The maximum atomic E-state index is 11.1. The Balaban J connectivity index is 1.94. The molecule has 0 heterocycles. The summed E-state index contributed by atoms with van der Waals surface area (Å²) in [5, 5.41) is 0. The molecule has 0 aromatic heterocycles. The molecule has 1 aliphatic carbocycles. The van der Waals surface area contributed by atoms with E-state index in [4.69, 9.17) is 10.5 Å². The third-order valence-electron chi connectivity index (χ3n) is 4.10. The number of unbranched alkanes of at least 4 members (excludes halogenated alkanes) is 1. The zero-order chi connectivity index (χ0) is 14.5. The van der Waals surface area contributed by atoms with Crippen LogP contribution >= 0.6 is 0 Å². The fourth-order valence-corrected chi connectivity index (χ4v) is 2.96. The molecule has 4 nitrogen and oxygen atoms in total. The van der Waals surface area contributed by atoms with E-state index in [0.717, 1.165) is 31.4 Å². The van der Waals surface area contributed by atoms with E-state index in [9.17, 15) is 4.79 Å². The normalized spacial score (nSPS) is 20.6. The number of carbonyl (C=O) groups excluding carboxylic acids is 1. The molecule has 0 bridgehead atoms. The van der Waals surface area contributed by atoms with Crippen LogP contribution in [0.15, 0.2) is 18.2 Å². The van der Waals surface area contributed by atoms with Crippen molar-refractivity contribution in [2.24, 2.45) is 5.73 Å². The van der Waals surface area contributed by atoms with Gasteiger partial charge in [-0.05, 0) is 48.4 Å². The van der Waals surface area contributed by atoms with Crippen molar-refractivity contribution in [3.05, 3.63) is 29.3 Å². The molecule has 0 saturated carbocycles. The van der Waals surface area contributed by atoms with Crippen molar-refractivity contribution in [1.82, 2.24) is 0 Å². The van der Waals surface area contributed by atoms with Gasteiger partial charge in [-0.2, -0.15) is 0 Å². The van der Waals surface area contributed by atoms with Gasteiger partial charge in [0.25, 0.3) is 0 Å². The van der Waals surface area contributed by atoms with Gasteiger partial charge in [0, 0.05) is 12.5 Å². The number of rotatable bonds is 6. The summed E-state index contributed by atoms with van der Waals surface area (Å²) in [4.78, 5) is 11.1. The Hall–Kier alpha value is -1.55. The Kier molecular flexibility index (Phi) is 5.01. The molecule has 2 rings (SSSR count). The highest BCUT2D eigenvalue weighted by atomic mass is 16.5. The highest BCUT2D eigenvalue weighted by molar-refractivity contribution is 5.68. The first-order chi connectivity index (χ1) is 9.65. The van der Waals surface area contributed by atoms with E-state index < -0.39 is 0 Å². The molecule has 0 radical (unpaired) electrons. The fraction of sp³-hybridized carbons (Fsp3) is 0.562. The van der Waals surface area contributed by atoms with E-state index in [-0.39, 0.29) is 12.0 Å². The van der Waals surface area contributed by atoms with E-state index in [0.29, 0.717) is 12.3 Å². The van der Waals surface area contributed by atoms with Gasteiger partial charge in [-0.25, -0.2) is 0 Å². The van der Waals surface area contributed by atoms with Gasteiger partial charge in [-0.3, -0.25) is 4.79 Å². The summed E-state index contributed by atoms with van der Waals surface area (Å²) in [6, 6.07) is 6.39. The first-order valence-corrected chi connectivity index (χ1v) is 7.15. The van der Waals surface area contributed by atoms with Crippen LogP contribution in [0.3, 0.4) is 0 Å². The number of ether oxygens (including phenoxy) is 2. The van der Waals surface area contributed by atoms with Gasteiger partial charge in [0.15, 0.2) is 0 Å². The molecule has 2 N–H and O–H groups in total. The second kappa shape index (κ2) is 6.75. The maximum Gasteiger partial charge on any atom is 0.305 e. The third kappa shape index (κ3) is 3.31. The Bertz CT molecular complexity index is 473. The third-order valence-corrected chi connectivity index (χ3v) is 4.10. The predicted molar refractivity (Wildman–Crippen MR) is 77.9 cm³/mol. The van der Waals surface area contributed by atoms with Gasteiger partial charge in [-0.15, -0.1) is 0 Å². The Morgan fingerprint density at radius 3 is 2.85 bits per heavy atom. The van der Waals surface area contributed by atoms with Crippen molar-refractivity contribution in [1.29, 1.82) is 0 Å². The van der Waals surface area contributed by atoms with Gasteiger partial charge >= 0.3 is 5.97 Å². The standard InChI is InChI=1S/C16H23NO3/c1-19-12-8-7-11-9-15(17)13(14(11)10-12)5-3-4-6-16(18)20-2/h7-8,10,13,15H,3-6,9,17H2,1-2H3. The zero-order valence-electron chi connectivity index (χ0n) is 12.2. The van der Waals surface area contributed by atoms with Gasteiger partial charge < -0.3 is 15.2 Å². The molecular formula is C16H23NO3. The average molecular weight is 277 g/mol. The minimum Gasteiger partial charge on any atom is -0.497 e. The number of hydrogen-bond acceptors (Lipinski definition) is 4. The number of benzene rings is 1. The summed E-state index contributed by atoms with van der Waals surface area (Å²) in [5.41, 5.74) is 8.90. The Morgan fingerprint density at radius 2 is 2.15 bits per heavy atom. The van der Waals surface area contributed by atoms with Crippen LogP contribution in [0.25, 0.3) is 0 Å².